The summed E-state index contributed by atoms with van der Waals surface area (Å²) in [5, 5.41) is 3.14. The molecule has 0 radical (unpaired) electrons. The van der Waals surface area contributed by atoms with Crippen LogP contribution in [0.15, 0.2) is 73.1 Å². The molecule has 1 fully saturated rings. The first-order valence-electron chi connectivity index (χ1n) is 9.87. The highest BCUT2D eigenvalue weighted by Crippen LogP contribution is 2.18. The number of carbonyl (C=O) groups excluding carboxylic acids is 1. The third-order valence-corrected chi connectivity index (χ3v) is 4.94. The van der Waals surface area contributed by atoms with Gasteiger partial charge < -0.3 is 15.0 Å². The molecular formula is C23H24N4O2. The van der Waals surface area contributed by atoms with Crippen molar-refractivity contribution in [3.8, 4) is 5.75 Å². The van der Waals surface area contributed by atoms with Gasteiger partial charge in [-0.15, -0.1) is 0 Å². The molecule has 1 saturated heterocycles. The minimum atomic E-state index is -0.0870. The zero-order valence-electron chi connectivity index (χ0n) is 16.2. The van der Waals surface area contributed by atoms with Gasteiger partial charge in [-0.05, 0) is 42.7 Å². The summed E-state index contributed by atoms with van der Waals surface area (Å²) in [6, 6.07) is 19.2. The summed E-state index contributed by atoms with van der Waals surface area (Å²) in [7, 11) is 0. The van der Waals surface area contributed by atoms with Crippen LogP contribution in [0.5, 0.6) is 5.75 Å². The highest BCUT2D eigenvalue weighted by atomic mass is 16.5. The average molecular weight is 388 g/mol. The predicted molar refractivity (Wildman–Crippen MR) is 112 cm³/mol. The molecule has 0 saturated carbocycles. The Hall–Kier alpha value is -3.41. The zero-order chi connectivity index (χ0) is 19.9. The lowest BCUT2D eigenvalue weighted by molar-refractivity contribution is 0.0932. The molecule has 6 heteroatoms. The average Bonchev–Trinajstić information content (AvgIpc) is 2.79. The van der Waals surface area contributed by atoms with Crippen LogP contribution in [-0.4, -0.2) is 35.0 Å². The number of rotatable bonds is 6. The minimum absolute atomic E-state index is 0.0638. The van der Waals surface area contributed by atoms with Crippen molar-refractivity contribution in [2.24, 2.45) is 0 Å². The summed E-state index contributed by atoms with van der Waals surface area (Å²) in [4.78, 5) is 23.5. The normalized spacial score (nSPS) is 16.3. The van der Waals surface area contributed by atoms with Crippen LogP contribution in [0.4, 0.5) is 5.95 Å². The van der Waals surface area contributed by atoms with Crippen molar-refractivity contribution < 1.29 is 9.53 Å². The quantitative estimate of drug-likeness (QED) is 0.701. The summed E-state index contributed by atoms with van der Waals surface area (Å²) in [6.07, 6.45) is 5.42. The number of hydrogen-bond donors (Lipinski definition) is 1. The van der Waals surface area contributed by atoms with Crippen LogP contribution in [0.25, 0.3) is 0 Å². The first-order valence-corrected chi connectivity index (χ1v) is 9.87. The van der Waals surface area contributed by atoms with Crippen LogP contribution >= 0.6 is 0 Å². The Balaban J connectivity index is 1.35. The maximum absolute atomic E-state index is 12.8. The maximum atomic E-state index is 12.8. The molecule has 1 N–H and O–H groups in total. The molecule has 1 aliphatic heterocycles. The number of anilines is 1. The number of nitrogens with zero attached hydrogens (tertiary/aromatic N) is 3. The van der Waals surface area contributed by atoms with Crippen molar-refractivity contribution in [3.05, 3.63) is 84.2 Å². The third kappa shape index (κ3) is 5.10. The van der Waals surface area contributed by atoms with Gasteiger partial charge in [0.15, 0.2) is 0 Å². The van der Waals surface area contributed by atoms with Gasteiger partial charge in [0.1, 0.15) is 12.4 Å². The molecule has 148 valence electrons. The van der Waals surface area contributed by atoms with Gasteiger partial charge >= 0.3 is 0 Å². The topological polar surface area (TPSA) is 67.4 Å². The second-order valence-electron chi connectivity index (χ2n) is 7.11. The van der Waals surface area contributed by atoms with Crippen molar-refractivity contribution in [2.45, 2.75) is 25.5 Å². The number of hydrogen-bond acceptors (Lipinski definition) is 5. The van der Waals surface area contributed by atoms with Gasteiger partial charge in [0, 0.05) is 37.1 Å². The SMILES string of the molecule is O=C(NC1CCCN(c2ncccn2)C1)c1cccc(OCc2ccccc2)c1. The molecular weight excluding hydrogens is 364 g/mol. The highest BCUT2D eigenvalue weighted by molar-refractivity contribution is 5.94. The lowest BCUT2D eigenvalue weighted by Crippen LogP contribution is -2.48. The van der Waals surface area contributed by atoms with E-state index in [1.165, 1.54) is 0 Å². The number of ether oxygens (including phenoxy) is 1. The molecule has 0 spiro atoms. The van der Waals surface area contributed by atoms with Crippen molar-refractivity contribution in [3.63, 3.8) is 0 Å². The maximum Gasteiger partial charge on any atom is 0.251 e. The van der Waals surface area contributed by atoms with Crippen LogP contribution in [0.1, 0.15) is 28.8 Å². The molecule has 6 nitrogen and oxygen atoms in total. The number of piperidine rings is 1. The summed E-state index contributed by atoms with van der Waals surface area (Å²) in [5.41, 5.74) is 1.69. The summed E-state index contributed by atoms with van der Waals surface area (Å²) >= 11 is 0. The molecule has 1 amide bonds. The Kier molecular flexibility index (Phi) is 6.00. The van der Waals surface area contributed by atoms with E-state index in [0.29, 0.717) is 30.4 Å². The van der Waals surface area contributed by atoms with Crippen molar-refractivity contribution >= 4 is 11.9 Å². The Morgan fingerprint density at radius 3 is 2.72 bits per heavy atom. The summed E-state index contributed by atoms with van der Waals surface area (Å²) < 4.78 is 5.84. The van der Waals surface area contributed by atoms with E-state index in [9.17, 15) is 4.79 Å². The van der Waals surface area contributed by atoms with E-state index in [1.54, 1.807) is 24.5 Å². The Labute approximate surface area is 170 Å². The second kappa shape index (κ2) is 9.19. The number of nitrogens with one attached hydrogen (secondary N) is 1. The van der Waals surface area contributed by atoms with Gasteiger partial charge in [-0.25, -0.2) is 9.97 Å². The van der Waals surface area contributed by atoms with E-state index in [0.717, 1.165) is 24.9 Å². The Morgan fingerprint density at radius 2 is 1.90 bits per heavy atom. The van der Waals surface area contributed by atoms with Crippen molar-refractivity contribution in [2.75, 3.05) is 18.0 Å². The molecule has 1 unspecified atom stereocenters. The molecule has 1 atom stereocenters. The molecule has 2 heterocycles. The number of carbonyl (C=O) groups is 1. The van der Waals surface area contributed by atoms with Crippen LogP contribution in [-0.2, 0) is 6.61 Å². The molecule has 1 aliphatic rings. The molecule has 0 bridgehead atoms. The predicted octanol–water partition coefficient (Wildman–Crippen LogP) is 3.45. The third-order valence-electron chi connectivity index (χ3n) is 4.94. The highest BCUT2D eigenvalue weighted by Gasteiger charge is 2.23. The van der Waals surface area contributed by atoms with E-state index in [1.807, 2.05) is 48.5 Å². The van der Waals surface area contributed by atoms with Crippen molar-refractivity contribution in [1.82, 2.24) is 15.3 Å². The standard InChI is InChI=1S/C23H24N4O2/c28-22(26-20-10-5-14-27(16-20)23-24-12-6-13-25-23)19-9-4-11-21(15-19)29-17-18-7-2-1-3-8-18/h1-4,6-9,11-13,15,20H,5,10,14,16-17H2,(H,26,28). The number of amides is 1. The first kappa shape index (κ1) is 18.9. The Morgan fingerprint density at radius 1 is 1.07 bits per heavy atom. The smallest absolute Gasteiger partial charge is 0.251 e. The fourth-order valence-corrected chi connectivity index (χ4v) is 3.47. The second-order valence-corrected chi connectivity index (χ2v) is 7.11. The Bertz CT molecular complexity index is 934. The van der Waals surface area contributed by atoms with E-state index in [4.69, 9.17) is 4.74 Å². The molecule has 4 rings (SSSR count). The molecule has 2 aromatic carbocycles. The van der Waals surface area contributed by atoms with E-state index in [2.05, 4.69) is 20.2 Å². The van der Waals surface area contributed by atoms with E-state index in [-0.39, 0.29) is 11.9 Å². The van der Waals surface area contributed by atoms with E-state index < -0.39 is 0 Å². The van der Waals surface area contributed by atoms with Gasteiger partial charge in [0.25, 0.3) is 5.91 Å². The van der Waals surface area contributed by atoms with Gasteiger partial charge in [0.2, 0.25) is 5.95 Å². The number of benzene rings is 2. The monoisotopic (exact) mass is 388 g/mol. The van der Waals surface area contributed by atoms with Crippen LogP contribution in [0.2, 0.25) is 0 Å². The summed E-state index contributed by atoms with van der Waals surface area (Å²) in [5.74, 6) is 1.31. The van der Waals surface area contributed by atoms with Crippen LogP contribution < -0.4 is 15.0 Å². The van der Waals surface area contributed by atoms with Crippen LogP contribution in [0.3, 0.4) is 0 Å². The van der Waals surface area contributed by atoms with Gasteiger partial charge in [-0.3, -0.25) is 4.79 Å². The molecule has 3 aromatic rings. The van der Waals surface area contributed by atoms with Crippen molar-refractivity contribution in [1.29, 1.82) is 0 Å². The fourth-order valence-electron chi connectivity index (χ4n) is 3.47. The van der Waals surface area contributed by atoms with Gasteiger partial charge in [-0.2, -0.15) is 0 Å². The van der Waals surface area contributed by atoms with E-state index >= 15 is 0 Å². The molecule has 29 heavy (non-hydrogen) atoms. The fraction of sp³-hybridized carbons (Fsp3) is 0.261. The first-order chi connectivity index (χ1) is 14.3. The molecule has 0 aliphatic carbocycles. The zero-order valence-corrected chi connectivity index (χ0v) is 16.2. The molecule has 1 aromatic heterocycles. The largest absolute Gasteiger partial charge is 0.489 e. The van der Waals surface area contributed by atoms with Crippen LogP contribution in [0, 0.1) is 0 Å². The number of aromatic nitrogens is 2. The lowest BCUT2D eigenvalue weighted by Gasteiger charge is -2.33. The van der Waals surface area contributed by atoms with Gasteiger partial charge in [-0.1, -0.05) is 36.4 Å². The van der Waals surface area contributed by atoms with Gasteiger partial charge in [0.05, 0.1) is 0 Å². The lowest BCUT2D eigenvalue weighted by atomic mass is 10.1. The summed E-state index contributed by atoms with van der Waals surface area (Å²) in [6.45, 7) is 2.08. The minimum Gasteiger partial charge on any atom is -0.489 e.